The van der Waals surface area contributed by atoms with Crippen molar-refractivity contribution in [1.82, 2.24) is 0 Å². The van der Waals surface area contributed by atoms with E-state index in [0.29, 0.717) is 16.8 Å². The molecule has 0 unspecified atom stereocenters. The van der Waals surface area contributed by atoms with Crippen LogP contribution in [0.1, 0.15) is 17.5 Å². The van der Waals surface area contributed by atoms with E-state index in [1.54, 1.807) is 24.3 Å². The van der Waals surface area contributed by atoms with Gasteiger partial charge in [0.2, 0.25) is 5.91 Å². The number of aliphatic hydroxyl groups excluding tert-OH is 2. The first-order chi connectivity index (χ1) is 7.71. The molecule has 3 N–H and O–H groups in total. The topological polar surface area (TPSA) is 93.4 Å². The van der Waals surface area contributed by atoms with Crippen molar-refractivity contribution < 1.29 is 15.0 Å². The molecule has 1 aromatic carbocycles. The number of carbonyl (C=O) groups is 1. The molecule has 1 aromatic rings. The Morgan fingerprint density at radius 2 is 2.12 bits per heavy atom. The van der Waals surface area contributed by atoms with Gasteiger partial charge in [-0.05, 0) is 11.6 Å². The van der Waals surface area contributed by atoms with Crippen LogP contribution in [-0.2, 0) is 18.0 Å². The van der Waals surface area contributed by atoms with Gasteiger partial charge in [-0.15, -0.1) is 0 Å². The fourth-order valence-electron chi connectivity index (χ4n) is 1.24. The minimum atomic E-state index is -0.438. The third-order valence-electron chi connectivity index (χ3n) is 2.04. The largest absolute Gasteiger partial charge is 0.392 e. The average molecular weight is 220 g/mol. The van der Waals surface area contributed by atoms with Crippen LogP contribution in [0.4, 0.5) is 5.69 Å². The Hall–Kier alpha value is -1.90. The number of aliphatic hydroxyl groups is 2. The van der Waals surface area contributed by atoms with E-state index in [4.69, 9.17) is 15.5 Å². The molecule has 0 aliphatic heterocycles. The zero-order valence-corrected chi connectivity index (χ0v) is 8.60. The minimum absolute atomic E-state index is 0.146. The molecule has 0 heterocycles. The number of carbonyl (C=O) groups excluding carboxylic acids is 1. The van der Waals surface area contributed by atoms with Crippen LogP contribution in [0.5, 0.6) is 0 Å². The fourth-order valence-corrected chi connectivity index (χ4v) is 1.24. The zero-order valence-electron chi connectivity index (χ0n) is 8.60. The van der Waals surface area contributed by atoms with E-state index in [2.05, 4.69) is 5.32 Å². The molecule has 5 heteroatoms. The van der Waals surface area contributed by atoms with E-state index < -0.39 is 5.91 Å². The summed E-state index contributed by atoms with van der Waals surface area (Å²) in [7, 11) is 0. The minimum Gasteiger partial charge on any atom is -0.392 e. The number of anilines is 1. The average Bonchev–Trinajstić information content (AvgIpc) is 2.29. The van der Waals surface area contributed by atoms with Crippen molar-refractivity contribution in [2.75, 3.05) is 5.32 Å². The Kier molecular flexibility index (Phi) is 4.45. The standard InChI is InChI=1S/C11H12N2O3/c12-4-3-11(16)13-10-5-8(6-14)1-2-9(10)7-15/h1-2,5,14-15H,3,6-7H2,(H,13,16). The van der Waals surface area contributed by atoms with E-state index in [1.807, 2.05) is 0 Å². The Morgan fingerprint density at radius 3 is 2.69 bits per heavy atom. The van der Waals surface area contributed by atoms with E-state index in [0.717, 1.165) is 0 Å². The van der Waals surface area contributed by atoms with Gasteiger partial charge in [0.1, 0.15) is 6.42 Å². The maximum Gasteiger partial charge on any atom is 0.238 e. The summed E-state index contributed by atoms with van der Waals surface area (Å²) in [6.07, 6.45) is -0.242. The summed E-state index contributed by atoms with van der Waals surface area (Å²) in [6, 6.07) is 6.58. The molecule has 0 saturated carbocycles. The number of nitrogens with one attached hydrogen (secondary N) is 1. The van der Waals surface area contributed by atoms with Crippen LogP contribution in [0.3, 0.4) is 0 Å². The molecule has 16 heavy (non-hydrogen) atoms. The molecule has 0 atom stereocenters. The van der Waals surface area contributed by atoms with Gasteiger partial charge in [-0.1, -0.05) is 12.1 Å². The molecule has 0 radical (unpaired) electrons. The van der Waals surface area contributed by atoms with Crippen molar-refractivity contribution in [3.8, 4) is 6.07 Å². The van der Waals surface area contributed by atoms with Crippen molar-refractivity contribution in [2.24, 2.45) is 0 Å². The summed E-state index contributed by atoms with van der Waals surface area (Å²) >= 11 is 0. The molecule has 0 saturated heterocycles. The lowest BCUT2D eigenvalue weighted by Crippen LogP contribution is -2.12. The first kappa shape index (κ1) is 12.2. The lowest BCUT2D eigenvalue weighted by molar-refractivity contribution is -0.115. The predicted molar refractivity (Wildman–Crippen MR) is 57.1 cm³/mol. The van der Waals surface area contributed by atoms with Gasteiger partial charge in [-0.2, -0.15) is 5.26 Å². The highest BCUT2D eigenvalue weighted by Crippen LogP contribution is 2.18. The normalized spacial score (nSPS) is 9.56. The summed E-state index contributed by atoms with van der Waals surface area (Å²) in [6.45, 7) is -0.360. The summed E-state index contributed by atoms with van der Waals surface area (Å²) in [4.78, 5) is 11.2. The monoisotopic (exact) mass is 220 g/mol. The van der Waals surface area contributed by atoms with Gasteiger partial charge in [-0.3, -0.25) is 4.79 Å². The molecule has 0 aliphatic carbocycles. The second-order valence-electron chi connectivity index (χ2n) is 3.19. The van der Waals surface area contributed by atoms with Crippen LogP contribution in [-0.4, -0.2) is 16.1 Å². The molecule has 1 amide bonds. The highest BCUT2D eigenvalue weighted by atomic mass is 16.3. The Balaban J connectivity index is 2.92. The van der Waals surface area contributed by atoms with Crippen molar-refractivity contribution in [3.63, 3.8) is 0 Å². The summed E-state index contributed by atoms with van der Waals surface area (Å²) in [5.74, 6) is -0.438. The molecule has 1 rings (SSSR count). The molecular weight excluding hydrogens is 208 g/mol. The van der Waals surface area contributed by atoms with Gasteiger partial charge in [0.15, 0.2) is 0 Å². The molecular formula is C11H12N2O3. The summed E-state index contributed by atoms with van der Waals surface area (Å²) in [5, 5.41) is 28.8. The van der Waals surface area contributed by atoms with Gasteiger partial charge >= 0.3 is 0 Å². The smallest absolute Gasteiger partial charge is 0.238 e. The van der Waals surface area contributed by atoms with Crippen LogP contribution in [0.2, 0.25) is 0 Å². The van der Waals surface area contributed by atoms with Crippen LogP contribution in [0.25, 0.3) is 0 Å². The second kappa shape index (κ2) is 5.85. The Morgan fingerprint density at radius 1 is 1.38 bits per heavy atom. The predicted octanol–water partition coefficient (Wildman–Crippen LogP) is 0.523. The molecule has 0 bridgehead atoms. The molecule has 5 nitrogen and oxygen atoms in total. The quantitative estimate of drug-likeness (QED) is 0.689. The van der Waals surface area contributed by atoms with Gasteiger partial charge in [-0.25, -0.2) is 0 Å². The molecule has 0 spiro atoms. The van der Waals surface area contributed by atoms with Crippen molar-refractivity contribution in [1.29, 1.82) is 5.26 Å². The van der Waals surface area contributed by atoms with Crippen LogP contribution >= 0.6 is 0 Å². The van der Waals surface area contributed by atoms with Gasteiger partial charge < -0.3 is 15.5 Å². The number of hydrogen-bond acceptors (Lipinski definition) is 4. The van der Waals surface area contributed by atoms with Crippen molar-refractivity contribution >= 4 is 11.6 Å². The van der Waals surface area contributed by atoms with Gasteiger partial charge in [0, 0.05) is 11.3 Å². The number of benzene rings is 1. The maximum absolute atomic E-state index is 11.2. The SMILES string of the molecule is N#CCC(=O)Nc1cc(CO)ccc1CO. The fraction of sp³-hybridized carbons (Fsp3) is 0.273. The van der Waals surface area contributed by atoms with E-state index in [9.17, 15) is 4.79 Å². The highest BCUT2D eigenvalue weighted by Gasteiger charge is 2.06. The molecule has 0 aromatic heterocycles. The lowest BCUT2D eigenvalue weighted by atomic mass is 10.1. The first-order valence-electron chi connectivity index (χ1n) is 4.71. The Labute approximate surface area is 92.9 Å². The van der Waals surface area contributed by atoms with Crippen LogP contribution in [0.15, 0.2) is 18.2 Å². The Bertz CT molecular complexity index is 424. The highest BCUT2D eigenvalue weighted by molar-refractivity contribution is 5.92. The summed E-state index contributed by atoms with van der Waals surface area (Å²) < 4.78 is 0. The zero-order chi connectivity index (χ0) is 12.0. The number of rotatable bonds is 4. The number of nitrogens with zero attached hydrogens (tertiary/aromatic N) is 1. The molecule has 0 aliphatic rings. The third kappa shape index (κ3) is 3.05. The second-order valence-corrected chi connectivity index (χ2v) is 3.19. The number of hydrogen-bond donors (Lipinski definition) is 3. The van der Waals surface area contributed by atoms with Crippen molar-refractivity contribution in [2.45, 2.75) is 19.6 Å². The number of nitriles is 1. The maximum atomic E-state index is 11.2. The molecule has 84 valence electrons. The van der Waals surface area contributed by atoms with Gasteiger partial charge in [0.25, 0.3) is 0 Å². The van der Waals surface area contributed by atoms with E-state index >= 15 is 0 Å². The third-order valence-corrected chi connectivity index (χ3v) is 2.04. The summed E-state index contributed by atoms with van der Waals surface area (Å²) in [5.41, 5.74) is 1.60. The van der Waals surface area contributed by atoms with E-state index in [1.165, 1.54) is 0 Å². The molecule has 0 fully saturated rings. The lowest BCUT2D eigenvalue weighted by Gasteiger charge is -2.09. The van der Waals surface area contributed by atoms with Crippen LogP contribution in [0, 0.1) is 11.3 Å². The van der Waals surface area contributed by atoms with Crippen molar-refractivity contribution in [3.05, 3.63) is 29.3 Å². The van der Waals surface area contributed by atoms with Crippen LogP contribution < -0.4 is 5.32 Å². The number of amides is 1. The first-order valence-corrected chi connectivity index (χ1v) is 4.71. The van der Waals surface area contributed by atoms with E-state index in [-0.39, 0.29) is 19.6 Å². The van der Waals surface area contributed by atoms with Gasteiger partial charge in [0.05, 0.1) is 19.3 Å².